The summed E-state index contributed by atoms with van der Waals surface area (Å²) in [4.78, 5) is 18.6. The largest absolute Gasteiger partial charge is 0.481 e. The van der Waals surface area contributed by atoms with Gasteiger partial charge < -0.3 is 9.52 Å². The highest BCUT2D eigenvalue weighted by atomic mass is 32.2. The van der Waals surface area contributed by atoms with E-state index >= 15 is 0 Å². The molecule has 5 rings (SSSR count). The maximum absolute atomic E-state index is 14.3. The Labute approximate surface area is 266 Å². The third-order valence-corrected chi connectivity index (χ3v) is 10.5. The van der Waals surface area contributed by atoms with E-state index in [-0.39, 0.29) is 41.6 Å². The maximum atomic E-state index is 14.3. The number of carboxylic acids is 1. The molecule has 1 aliphatic heterocycles. The fourth-order valence-corrected chi connectivity index (χ4v) is 7.87. The Morgan fingerprint density at radius 2 is 1.89 bits per heavy atom. The summed E-state index contributed by atoms with van der Waals surface area (Å²) >= 11 is 1.18. The Bertz CT molecular complexity index is 1840. The number of nitrogens with zero attached hydrogens (tertiary/aromatic N) is 4. The number of rotatable bonds is 11. The van der Waals surface area contributed by atoms with Gasteiger partial charge in [-0.3, -0.25) is 9.69 Å². The summed E-state index contributed by atoms with van der Waals surface area (Å²) in [5, 5.41) is 18.6. The first-order valence-electron chi connectivity index (χ1n) is 14.6. The molecule has 2 atom stereocenters. The van der Waals surface area contributed by atoms with E-state index < -0.39 is 46.2 Å². The summed E-state index contributed by atoms with van der Waals surface area (Å²) in [7, 11) is -4.58. The Morgan fingerprint density at radius 1 is 1.17 bits per heavy atom. The fraction of sp³-hybridized carbons (Fsp3) is 0.467. The minimum Gasteiger partial charge on any atom is -0.481 e. The number of fused-ring (bicyclic) bond motifs is 1. The van der Waals surface area contributed by atoms with Crippen molar-refractivity contribution in [2.75, 3.05) is 13.1 Å². The number of likely N-dealkylation sites (tertiary alicyclic amines) is 1. The standard InChI is InChI=1S/C30H33F4N5O5S2/c1-4-23(30(32,33)34)38-46(42,43)22-12-11-20(18-9-5-6-10-19(18)22)25-21(16-39-13-7-8-17(31)15-39)35-27(45-25)26-37-36-24(44-26)14-29(2,3)28(40)41/h5-6,9-12,17,23,38H,4,7-8,13-16H2,1-3H3,(H,40,41)/t17-,23?/m1/s1. The second-order valence-corrected chi connectivity index (χ2v) is 14.6. The lowest BCUT2D eigenvalue weighted by atomic mass is 9.90. The Balaban J connectivity index is 1.59. The van der Waals surface area contributed by atoms with Gasteiger partial charge in [0.05, 0.1) is 20.9 Å². The van der Waals surface area contributed by atoms with Gasteiger partial charge in [0.15, 0.2) is 5.01 Å². The zero-order valence-corrected chi connectivity index (χ0v) is 26.9. The van der Waals surface area contributed by atoms with Crippen LogP contribution >= 0.6 is 11.3 Å². The maximum Gasteiger partial charge on any atom is 0.404 e. The fourth-order valence-electron chi connectivity index (χ4n) is 5.32. The zero-order valence-electron chi connectivity index (χ0n) is 25.3. The van der Waals surface area contributed by atoms with Crippen molar-refractivity contribution in [3.8, 4) is 21.3 Å². The molecule has 0 amide bonds. The lowest BCUT2D eigenvalue weighted by Gasteiger charge is -2.28. The molecule has 0 aliphatic carbocycles. The molecule has 0 spiro atoms. The Kier molecular flexibility index (Phi) is 9.55. The number of alkyl halides is 4. The number of halogens is 4. The number of nitrogens with one attached hydrogen (secondary N) is 1. The molecule has 2 N–H and O–H groups in total. The van der Waals surface area contributed by atoms with Gasteiger partial charge in [0.1, 0.15) is 12.2 Å². The summed E-state index contributed by atoms with van der Waals surface area (Å²) in [6.45, 7) is 5.43. The first-order valence-corrected chi connectivity index (χ1v) is 16.9. The van der Waals surface area contributed by atoms with E-state index in [0.29, 0.717) is 45.9 Å². The molecule has 10 nitrogen and oxygen atoms in total. The molecule has 0 radical (unpaired) electrons. The summed E-state index contributed by atoms with van der Waals surface area (Å²) in [5.41, 5.74) is -0.0498. The van der Waals surface area contributed by atoms with Gasteiger partial charge in [0, 0.05) is 30.5 Å². The number of piperidine rings is 1. The quantitative estimate of drug-likeness (QED) is 0.177. The number of benzene rings is 2. The van der Waals surface area contributed by atoms with Gasteiger partial charge in [-0.25, -0.2) is 17.8 Å². The number of aromatic nitrogens is 3. The molecule has 0 saturated carbocycles. The average molecular weight is 684 g/mol. The lowest BCUT2D eigenvalue weighted by molar-refractivity contribution is -0.151. The van der Waals surface area contributed by atoms with Crippen LogP contribution in [0.4, 0.5) is 17.6 Å². The molecule has 1 unspecified atom stereocenters. The monoisotopic (exact) mass is 683 g/mol. The Hall–Kier alpha value is -3.47. The van der Waals surface area contributed by atoms with Crippen LogP contribution in [-0.4, -0.2) is 71.1 Å². The SMILES string of the molecule is CCC(NS(=O)(=O)c1ccc(-c2sc(-c3nnc(CC(C)(C)C(=O)O)o3)nc2CN2CCC[C@@H](F)C2)c2ccccc12)C(F)(F)F. The highest BCUT2D eigenvalue weighted by Gasteiger charge is 2.41. The number of hydrogen-bond donors (Lipinski definition) is 2. The van der Waals surface area contributed by atoms with Crippen molar-refractivity contribution >= 4 is 38.1 Å². The van der Waals surface area contributed by atoms with Crippen LogP contribution in [0.5, 0.6) is 0 Å². The van der Waals surface area contributed by atoms with Gasteiger partial charge in [-0.2, -0.15) is 17.9 Å². The van der Waals surface area contributed by atoms with Crippen LogP contribution in [0.3, 0.4) is 0 Å². The molecule has 2 aromatic heterocycles. The molecule has 46 heavy (non-hydrogen) atoms. The van der Waals surface area contributed by atoms with E-state index in [2.05, 4.69) is 10.2 Å². The zero-order chi connectivity index (χ0) is 33.4. The third kappa shape index (κ3) is 7.24. The molecule has 3 heterocycles. The van der Waals surface area contributed by atoms with E-state index in [4.69, 9.17) is 9.40 Å². The minimum atomic E-state index is -4.77. The van der Waals surface area contributed by atoms with Crippen LogP contribution in [0.2, 0.25) is 0 Å². The number of hydrogen-bond acceptors (Lipinski definition) is 9. The molecule has 2 aromatic carbocycles. The third-order valence-electron chi connectivity index (χ3n) is 7.86. The van der Waals surface area contributed by atoms with E-state index in [0.717, 1.165) is 0 Å². The number of thiazole rings is 1. The van der Waals surface area contributed by atoms with Crippen LogP contribution in [0, 0.1) is 5.41 Å². The van der Waals surface area contributed by atoms with Crippen LogP contribution in [0.15, 0.2) is 45.7 Å². The van der Waals surface area contributed by atoms with Crippen molar-refractivity contribution in [1.82, 2.24) is 24.8 Å². The normalized spacial score (nSPS) is 17.4. The van der Waals surface area contributed by atoms with Crippen molar-refractivity contribution in [1.29, 1.82) is 0 Å². The van der Waals surface area contributed by atoms with Crippen molar-refractivity contribution in [3.05, 3.63) is 48.0 Å². The van der Waals surface area contributed by atoms with E-state index in [9.17, 15) is 35.9 Å². The van der Waals surface area contributed by atoms with E-state index in [1.54, 1.807) is 22.9 Å². The predicted octanol–water partition coefficient (Wildman–Crippen LogP) is 6.22. The minimum absolute atomic E-state index is 0.0199. The summed E-state index contributed by atoms with van der Waals surface area (Å²) < 4.78 is 88.9. The first-order chi connectivity index (χ1) is 21.6. The summed E-state index contributed by atoms with van der Waals surface area (Å²) in [6.07, 6.45) is -5.13. The molecule has 248 valence electrons. The highest BCUT2D eigenvalue weighted by molar-refractivity contribution is 7.89. The van der Waals surface area contributed by atoms with Crippen LogP contribution in [0.25, 0.3) is 32.1 Å². The molecule has 0 bridgehead atoms. The van der Waals surface area contributed by atoms with Crippen molar-refractivity contribution in [2.24, 2.45) is 5.41 Å². The van der Waals surface area contributed by atoms with Crippen LogP contribution in [0.1, 0.15) is 51.6 Å². The first kappa shape index (κ1) is 33.9. The topological polar surface area (TPSA) is 139 Å². The van der Waals surface area contributed by atoms with Gasteiger partial charge in [0.25, 0.3) is 5.89 Å². The molecule has 1 aliphatic rings. The van der Waals surface area contributed by atoms with Gasteiger partial charge >= 0.3 is 12.1 Å². The molecule has 1 saturated heterocycles. The van der Waals surface area contributed by atoms with Gasteiger partial charge in [-0.05, 0) is 51.1 Å². The molecular formula is C30H33F4N5O5S2. The van der Waals surface area contributed by atoms with Crippen molar-refractivity contribution < 1.29 is 40.3 Å². The summed E-state index contributed by atoms with van der Waals surface area (Å²) in [5.74, 6) is -0.871. The smallest absolute Gasteiger partial charge is 0.404 e. The van der Waals surface area contributed by atoms with E-state index in [1.165, 1.54) is 50.3 Å². The van der Waals surface area contributed by atoms with E-state index in [1.807, 2.05) is 4.90 Å². The highest BCUT2D eigenvalue weighted by Crippen LogP contribution is 2.41. The number of aliphatic carboxylic acids is 1. The lowest BCUT2D eigenvalue weighted by Crippen LogP contribution is -2.44. The van der Waals surface area contributed by atoms with Crippen molar-refractivity contribution in [2.45, 2.75) is 76.3 Å². The molecule has 16 heteroatoms. The molecule has 4 aromatic rings. The second-order valence-electron chi connectivity index (χ2n) is 11.9. The summed E-state index contributed by atoms with van der Waals surface area (Å²) in [6, 6.07) is 7.02. The van der Waals surface area contributed by atoms with Gasteiger partial charge in [-0.15, -0.1) is 21.5 Å². The predicted molar refractivity (Wildman–Crippen MR) is 163 cm³/mol. The second kappa shape index (κ2) is 13.0. The van der Waals surface area contributed by atoms with Crippen molar-refractivity contribution in [3.63, 3.8) is 0 Å². The van der Waals surface area contributed by atoms with Crippen LogP contribution in [-0.2, 0) is 27.8 Å². The van der Waals surface area contributed by atoms with Gasteiger partial charge in [-0.1, -0.05) is 37.3 Å². The Morgan fingerprint density at radius 3 is 2.54 bits per heavy atom. The molecule has 1 fully saturated rings. The number of sulfonamides is 1. The van der Waals surface area contributed by atoms with Gasteiger partial charge in [0.2, 0.25) is 15.9 Å². The average Bonchev–Trinajstić information content (AvgIpc) is 3.61. The molecular weight excluding hydrogens is 650 g/mol. The van der Waals surface area contributed by atoms with Crippen LogP contribution < -0.4 is 4.72 Å². The number of carboxylic acid groups (broad SMARTS) is 1. The number of carbonyl (C=O) groups is 1.